The van der Waals surface area contributed by atoms with Crippen LogP contribution in [0.5, 0.6) is 5.75 Å². The van der Waals surface area contributed by atoms with Crippen molar-refractivity contribution in [2.45, 2.75) is 26.1 Å². The van der Waals surface area contributed by atoms with Crippen LogP contribution in [0, 0.1) is 10.1 Å². The molecule has 0 aliphatic rings. The van der Waals surface area contributed by atoms with E-state index in [4.69, 9.17) is 0 Å². The number of hydrazine groups is 1. The van der Waals surface area contributed by atoms with Gasteiger partial charge in [0, 0.05) is 18.2 Å². The summed E-state index contributed by atoms with van der Waals surface area (Å²) in [6.07, 6.45) is -4.18. The molecule has 0 atom stereocenters. The summed E-state index contributed by atoms with van der Waals surface area (Å²) in [5.41, 5.74) is 0.373. The van der Waals surface area contributed by atoms with Crippen LogP contribution in [0.2, 0.25) is 0 Å². The molecule has 10 nitrogen and oxygen atoms in total. The van der Waals surface area contributed by atoms with Gasteiger partial charge in [-0.2, -0.15) is 18.3 Å². The molecular formula is C15H14F3N5O5. The highest BCUT2D eigenvalue weighted by Gasteiger charge is 2.40. The standard InChI is InChI=1S/C15H14F3N5O5/c1-7(2)22-12(15(16,17)18)10(6-19-22)14(26)21-20-13(25)9-5-8(23(27)28)3-4-11(9)24/h3-7,24H,1-2H3,(H,20,25)(H,21,26). The number of alkyl halides is 3. The fourth-order valence-electron chi connectivity index (χ4n) is 2.27. The molecule has 0 bridgehead atoms. The lowest BCUT2D eigenvalue weighted by Crippen LogP contribution is -2.42. The largest absolute Gasteiger partial charge is 0.507 e. The zero-order chi connectivity index (χ0) is 21.2. The van der Waals surface area contributed by atoms with E-state index in [1.165, 1.54) is 13.8 Å². The summed E-state index contributed by atoms with van der Waals surface area (Å²) in [7, 11) is 0. The summed E-state index contributed by atoms with van der Waals surface area (Å²) in [6.45, 7) is 2.88. The fourth-order valence-corrected chi connectivity index (χ4v) is 2.27. The van der Waals surface area contributed by atoms with Crippen LogP contribution in [0.4, 0.5) is 18.9 Å². The van der Waals surface area contributed by atoms with Gasteiger partial charge in [0.05, 0.1) is 22.2 Å². The summed E-state index contributed by atoms with van der Waals surface area (Å²) in [5.74, 6) is -3.10. The quantitative estimate of drug-likeness (QED) is 0.530. The Balaban J connectivity index is 2.23. The molecule has 13 heteroatoms. The third kappa shape index (κ3) is 4.19. The number of hydrogen-bond donors (Lipinski definition) is 3. The van der Waals surface area contributed by atoms with Crippen LogP contribution in [0.15, 0.2) is 24.4 Å². The number of halogens is 3. The van der Waals surface area contributed by atoms with E-state index in [-0.39, 0.29) is 0 Å². The molecule has 2 amide bonds. The Morgan fingerprint density at radius 2 is 1.79 bits per heavy atom. The van der Waals surface area contributed by atoms with Gasteiger partial charge in [-0.05, 0) is 19.9 Å². The number of hydrogen-bond acceptors (Lipinski definition) is 6. The van der Waals surface area contributed by atoms with E-state index >= 15 is 0 Å². The molecule has 0 unspecified atom stereocenters. The number of nitrogens with zero attached hydrogens (tertiary/aromatic N) is 3. The molecule has 0 saturated carbocycles. The molecule has 0 saturated heterocycles. The maximum absolute atomic E-state index is 13.3. The highest BCUT2D eigenvalue weighted by molar-refractivity contribution is 6.01. The number of phenolic OH excluding ortho intramolecular Hbond substituents is 1. The minimum absolute atomic E-state index is 0.508. The zero-order valence-corrected chi connectivity index (χ0v) is 14.4. The third-order valence-corrected chi connectivity index (χ3v) is 3.52. The smallest absolute Gasteiger partial charge is 0.433 e. The monoisotopic (exact) mass is 401 g/mol. The lowest BCUT2D eigenvalue weighted by Gasteiger charge is -2.15. The molecule has 1 heterocycles. The molecule has 0 radical (unpaired) electrons. The average Bonchev–Trinajstić information content (AvgIpc) is 3.05. The lowest BCUT2D eigenvalue weighted by atomic mass is 10.1. The topological polar surface area (TPSA) is 139 Å². The molecule has 3 N–H and O–H groups in total. The number of nitrogens with one attached hydrogen (secondary N) is 2. The SMILES string of the molecule is CC(C)n1ncc(C(=O)NNC(=O)c2cc([N+](=O)[O-])ccc2O)c1C(F)(F)F. The van der Waals surface area contributed by atoms with Crippen LogP contribution in [0.3, 0.4) is 0 Å². The molecule has 0 aliphatic carbocycles. The second kappa shape index (κ2) is 7.54. The van der Waals surface area contributed by atoms with Crippen molar-refractivity contribution in [2.24, 2.45) is 0 Å². The predicted molar refractivity (Wildman–Crippen MR) is 87.3 cm³/mol. The second-order valence-electron chi connectivity index (χ2n) is 5.81. The number of aromatic hydroxyl groups is 1. The zero-order valence-electron chi connectivity index (χ0n) is 14.4. The number of amides is 2. The lowest BCUT2D eigenvalue weighted by molar-refractivity contribution is -0.384. The van der Waals surface area contributed by atoms with Crippen molar-refractivity contribution in [3.05, 3.63) is 51.3 Å². The Kier molecular flexibility index (Phi) is 5.57. The van der Waals surface area contributed by atoms with Gasteiger partial charge < -0.3 is 5.11 Å². The third-order valence-electron chi connectivity index (χ3n) is 3.52. The first kappa shape index (κ1) is 20.7. The normalized spacial score (nSPS) is 11.4. The number of benzene rings is 1. The number of non-ortho nitro benzene ring substituents is 1. The Labute approximate surface area is 155 Å². The van der Waals surface area contributed by atoms with Gasteiger partial charge in [-0.3, -0.25) is 35.2 Å². The Bertz CT molecular complexity index is 939. The number of nitro groups is 1. The minimum Gasteiger partial charge on any atom is -0.507 e. The maximum Gasteiger partial charge on any atom is 0.433 e. The van der Waals surface area contributed by atoms with E-state index in [1.807, 2.05) is 0 Å². The molecule has 0 aliphatic heterocycles. The van der Waals surface area contributed by atoms with Crippen molar-refractivity contribution >= 4 is 17.5 Å². The number of carbonyl (C=O) groups excluding carboxylic acids is 2. The maximum atomic E-state index is 13.3. The predicted octanol–water partition coefficient (Wildman–Crippen LogP) is 2.17. The Morgan fingerprint density at radius 3 is 2.29 bits per heavy atom. The first-order chi connectivity index (χ1) is 12.9. The van der Waals surface area contributed by atoms with Crippen molar-refractivity contribution in [3.8, 4) is 5.75 Å². The number of aromatic nitrogens is 2. The fraction of sp³-hybridized carbons (Fsp3) is 0.267. The van der Waals surface area contributed by atoms with Crippen LogP contribution in [0.25, 0.3) is 0 Å². The highest BCUT2D eigenvalue weighted by Crippen LogP contribution is 2.33. The summed E-state index contributed by atoms with van der Waals surface area (Å²) < 4.78 is 40.4. The summed E-state index contributed by atoms with van der Waals surface area (Å²) in [6, 6.07) is 1.90. The number of carbonyl (C=O) groups is 2. The molecule has 2 rings (SSSR count). The number of rotatable bonds is 4. The minimum atomic E-state index is -4.88. The van der Waals surface area contributed by atoms with Crippen LogP contribution < -0.4 is 10.9 Å². The molecule has 28 heavy (non-hydrogen) atoms. The molecule has 0 spiro atoms. The van der Waals surface area contributed by atoms with Crippen molar-refractivity contribution in [2.75, 3.05) is 0 Å². The van der Waals surface area contributed by atoms with E-state index in [1.54, 1.807) is 10.9 Å². The summed E-state index contributed by atoms with van der Waals surface area (Å²) >= 11 is 0. The molecule has 1 aromatic heterocycles. The van der Waals surface area contributed by atoms with E-state index in [2.05, 4.69) is 5.10 Å². The van der Waals surface area contributed by atoms with E-state index < -0.39 is 57.2 Å². The second-order valence-corrected chi connectivity index (χ2v) is 5.81. The van der Waals surface area contributed by atoms with Crippen molar-refractivity contribution < 1.29 is 32.8 Å². The molecule has 150 valence electrons. The van der Waals surface area contributed by atoms with E-state index in [9.17, 15) is 38.0 Å². The van der Waals surface area contributed by atoms with Crippen molar-refractivity contribution in [1.29, 1.82) is 0 Å². The highest BCUT2D eigenvalue weighted by atomic mass is 19.4. The van der Waals surface area contributed by atoms with Crippen molar-refractivity contribution in [1.82, 2.24) is 20.6 Å². The van der Waals surface area contributed by atoms with E-state index in [0.29, 0.717) is 10.9 Å². The van der Waals surface area contributed by atoms with Crippen LogP contribution in [0.1, 0.15) is 46.3 Å². The van der Waals surface area contributed by atoms with Gasteiger partial charge in [0.15, 0.2) is 5.69 Å². The van der Waals surface area contributed by atoms with Gasteiger partial charge in [-0.25, -0.2) is 0 Å². The van der Waals surface area contributed by atoms with Crippen LogP contribution in [-0.2, 0) is 6.18 Å². The van der Waals surface area contributed by atoms with Crippen molar-refractivity contribution in [3.63, 3.8) is 0 Å². The van der Waals surface area contributed by atoms with Crippen LogP contribution >= 0.6 is 0 Å². The first-order valence-electron chi connectivity index (χ1n) is 7.66. The van der Waals surface area contributed by atoms with E-state index in [0.717, 1.165) is 18.2 Å². The van der Waals surface area contributed by atoms with Crippen LogP contribution in [-0.4, -0.2) is 31.6 Å². The average molecular weight is 401 g/mol. The first-order valence-corrected chi connectivity index (χ1v) is 7.66. The number of nitro benzene ring substituents is 1. The van der Waals surface area contributed by atoms with Gasteiger partial charge in [-0.1, -0.05) is 0 Å². The van der Waals surface area contributed by atoms with Gasteiger partial charge in [-0.15, -0.1) is 0 Å². The van der Waals surface area contributed by atoms with Gasteiger partial charge in [0.2, 0.25) is 0 Å². The van der Waals surface area contributed by atoms with Gasteiger partial charge in [0.25, 0.3) is 17.5 Å². The molecule has 2 aromatic rings. The Hall–Kier alpha value is -3.64. The van der Waals surface area contributed by atoms with Gasteiger partial charge >= 0.3 is 6.18 Å². The number of phenols is 1. The summed E-state index contributed by atoms with van der Waals surface area (Å²) in [4.78, 5) is 34.0. The Morgan fingerprint density at radius 1 is 1.21 bits per heavy atom. The molecule has 0 fully saturated rings. The molecule has 1 aromatic carbocycles. The van der Waals surface area contributed by atoms with Gasteiger partial charge in [0.1, 0.15) is 5.75 Å². The summed E-state index contributed by atoms with van der Waals surface area (Å²) in [5, 5.41) is 23.9. The molecular weight excluding hydrogens is 387 g/mol.